The first-order valence-electron chi connectivity index (χ1n) is 11.3. The first kappa shape index (κ1) is 28.6. The Morgan fingerprint density at radius 2 is 1.47 bits per heavy atom. The van der Waals surface area contributed by atoms with E-state index in [1.54, 1.807) is 51.1 Å². The van der Waals surface area contributed by atoms with Gasteiger partial charge in [0.2, 0.25) is 0 Å². The second-order valence-electron chi connectivity index (χ2n) is 8.86. The Kier molecular flexibility index (Phi) is 9.08. The molecule has 0 aliphatic carbocycles. The molecule has 0 saturated heterocycles. The molecule has 0 spiro atoms. The predicted octanol–water partition coefficient (Wildman–Crippen LogP) is 6.56. The summed E-state index contributed by atoms with van der Waals surface area (Å²) in [6, 6.07) is 9.48. The molecule has 202 valence electrons. The number of hydrogen-bond donors (Lipinski definition) is 3. The van der Waals surface area contributed by atoms with Crippen LogP contribution in [0.4, 0.5) is 38.3 Å². The van der Waals surface area contributed by atoms with Gasteiger partial charge in [-0.2, -0.15) is 0 Å². The van der Waals surface area contributed by atoms with Crippen molar-refractivity contribution in [1.29, 1.82) is 0 Å². The molecule has 0 bridgehead atoms. The Morgan fingerprint density at radius 1 is 0.895 bits per heavy atom. The number of nitrogens with one attached hydrogen (secondary N) is 3. The predicted molar refractivity (Wildman–Crippen MR) is 149 cm³/mol. The minimum atomic E-state index is -0.598. The van der Waals surface area contributed by atoms with E-state index < -0.39 is 17.7 Å². The number of carbonyl (C=O) groups excluding carboxylic acids is 2. The van der Waals surface area contributed by atoms with Crippen molar-refractivity contribution in [3.8, 4) is 11.5 Å². The highest BCUT2D eigenvalue weighted by Crippen LogP contribution is 2.44. The number of aromatic nitrogens is 2. The maximum absolute atomic E-state index is 13.0. The van der Waals surface area contributed by atoms with Crippen LogP contribution in [0.25, 0.3) is 0 Å². The number of anilines is 5. The van der Waals surface area contributed by atoms with Gasteiger partial charge in [0.1, 0.15) is 45.1 Å². The lowest BCUT2D eigenvalue weighted by atomic mass is 10.2. The Balaban J connectivity index is 1.70. The van der Waals surface area contributed by atoms with Crippen LogP contribution in [0.3, 0.4) is 0 Å². The minimum absolute atomic E-state index is 0.120. The minimum Gasteiger partial charge on any atom is -0.495 e. The van der Waals surface area contributed by atoms with Gasteiger partial charge >= 0.3 is 12.1 Å². The van der Waals surface area contributed by atoms with Gasteiger partial charge in [0, 0.05) is 30.6 Å². The third-order valence-electron chi connectivity index (χ3n) is 4.91. The lowest BCUT2D eigenvalue weighted by Crippen LogP contribution is -2.32. The molecule has 1 heterocycles. The van der Waals surface area contributed by atoms with E-state index in [4.69, 9.17) is 37.4 Å². The summed E-state index contributed by atoms with van der Waals surface area (Å²) in [4.78, 5) is 34.6. The monoisotopic (exact) mass is 562 g/mol. The topological polar surface area (TPSA) is 127 Å². The Morgan fingerprint density at radius 3 is 2.03 bits per heavy atom. The molecule has 38 heavy (non-hydrogen) atoms. The number of amides is 3. The summed E-state index contributed by atoms with van der Waals surface area (Å²) in [5, 5.41) is 8.70. The molecule has 3 amide bonds. The van der Waals surface area contributed by atoms with E-state index in [-0.39, 0.29) is 27.2 Å². The molecule has 3 N–H and O–H groups in total. The molecule has 0 aliphatic rings. The molecule has 2 aromatic carbocycles. The van der Waals surface area contributed by atoms with E-state index >= 15 is 0 Å². The van der Waals surface area contributed by atoms with E-state index in [1.165, 1.54) is 38.6 Å². The van der Waals surface area contributed by atoms with Gasteiger partial charge < -0.3 is 24.8 Å². The lowest BCUT2D eigenvalue weighted by Gasteiger charge is -2.20. The number of rotatable bonds is 7. The molecule has 3 rings (SSSR count). The van der Waals surface area contributed by atoms with Crippen molar-refractivity contribution in [2.24, 2.45) is 0 Å². The van der Waals surface area contributed by atoms with E-state index in [0.29, 0.717) is 23.0 Å². The van der Waals surface area contributed by atoms with Crippen LogP contribution in [-0.4, -0.2) is 49.0 Å². The number of benzene rings is 2. The smallest absolute Gasteiger partial charge is 0.412 e. The molecular weight excluding hydrogens is 535 g/mol. The number of halogens is 2. The molecule has 0 radical (unpaired) electrons. The third kappa shape index (κ3) is 7.30. The maximum atomic E-state index is 13.0. The molecule has 1 aromatic heterocycles. The molecule has 11 nitrogen and oxygen atoms in total. The van der Waals surface area contributed by atoms with Crippen LogP contribution in [0.5, 0.6) is 11.5 Å². The summed E-state index contributed by atoms with van der Waals surface area (Å²) >= 11 is 12.7. The van der Waals surface area contributed by atoms with E-state index in [9.17, 15) is 9.59 Å². The Hall–Kier alpha value is -3.96. The second-order valence-corrected chi connectivity index (χ2v) is 9.62. The Labute approximate surface area is 230 Å². The number of ether oxygens (including phenoxy) is 3. The van der Waals surface area contributed by atoms with Crippen LogP contribution in [-0.2, 0) is 4.74 Å². The molecule has 0 aliphatic heterocycles. The molecular formula is C25H28Cl2N6O5. The van der Waals surface area contributed by atoms with Gasteiger partial charge in [0.25, 0.3) is 0 Å². The molecule has 3 aromatic rings. The third-order valence-corrected chi connectivity index (χ3v) is 5.66. The first-order chi connectivity index (χ1) is 17.9. The fourth-order valence-corrected chi connectivity index (χ4v) is 3.69. The largest absolute Gasteiger partial charge is 0.495 e. The highest BCUT2D eigenvalue weighted by Gasteiger charge is 2.22. The zero-order chi connectivity index (χ0) is 28.0. The van der Waals surface area contributed by atoms with Crippen molar-refractivity contribution in [2.45, 2.75) is 26.4 Å². The maximum Gasteiger partial charge on any atom is 0.412 e. The highest BCUT2D eigenvalue weighted by atomic mass is 35.5. The van der Waals surface area contributed by atoms with Gasteiger partial charge in [-0.3, -0.25) is 10.2 Å². The number of nitrogens with zero attached hydrogens (tertiary/aromatic N) is 3. The first-order valence-corrected chi connectivity index (χ1v) is 12.0. The summed E-state index contributed by atoms with van der Waals surface area (Å²) in [6.45, 7) is 5.37. The summed E-state index contributed by atoms with van der Waals surface area (Å²) in [6.07, 6.45) is 0.768. The molecule has 0 atom stereocenters. The average Bonchev–Trinajstić information content (AvgIpc) is 2.86. The summed E-state index contributed by atoms with van der Waals surface area (Å²) in [5.74, 6) is 1.30. The number of carbonyl (C=O) groups is 2. The molecule has 0 saturated carbocycles. The van der Waals surface area contributed by atoms with Crippen molar-refractivity contribution >= 4 is 64.0 Å². The summed E-state index contributed by atoms with van der Waals surface area (Å²) < 4.78 is 15.7. The van der Waals surface area contributed by atoms with Gasteiger partial charge in [0.05, 0.1) is 19.9 Å². The molecule has 13 heteroatoms. The Bertz CT molecular complexity index is 1290. The number of urea groups is 1. The standard InChI is InChI=1S/C25H28Cl2N6O5/c1-25(2,3)38-24(35)31-15-9-7-14(8-10-15)30-18-12-19(29-13-28-18)33(4)23(34)32-22-20(26)16(36-5)11-17(37-6)21(22)27/h7-13H,1-6H3,(H,31,35)(H,32,34)(H,28,29,30). The van der Waals surface area contributed by atoms with E-state index in [2.05, 4.69) is 25.9 Å². The fraction of sp³-hybridized carbons (Fsp3) is 0.280. The van der Waals surface area contributed by atoms with Gasteiger partial charge in [-0.1, -0.05) is 23.2 Å². The van der Waals surface area contributed by atoms with Crippen LogP contribution >= 0.6 is 23.2 Å². The fourth-order valence-electron chi connectivity index (χ4n) is 3.10. The van der Waals surface area contributed by atoms with Crippen LogP contribution in [0.15, 0.2) is 42.7 Å². The highest BCUT2D eigenvalue weighted by molar-refractivity contribution is 6.41. The lowest BCUT2D eigenvalue weighted by molar-refractivity contribution is 0.0636. The summed E-state index contributed by atoms with van der Waals surface area (Å²) in [5.41, 5.74) is 0.795. The summed E-state index contributed by atoms with van der Waals surface area (Å²) in [7, 11) is 4.40. The van der Waals surface area contributed by atoms with Crippen LogP contribution < -0.4 is 30.3 Å². The number of hydrogen-bond acceptors (Lipinski definition) is 8. The van der Waals surface area contributed by atoms with Crippen molar-refractivity contribution in [1.82, 2.24) is 9.97 Å². The van der Waals surface area contributed by atoms with Crippen LogP contribution in [0.2, 0.25) is 10.0 Å². The van der Waals surface area contributed by atoms with Gasteiger partial charge in [0.15, 0.2) is 0 Å². The SMILES string of the molecule is COc1cc(OC)c(Cl)c(NC(=O)N(C)c2cc(Nc3ccc(NC(=O)OC(C)(C)C)cc3)ncn2)c1Cl. The second kappa shape index (κ2) is 12.1. The van der Waals surface area contributed by atoms with Crippen LogP contribution in [0.1, 0.15) is 20.8 Å². The zero-order valence-corrected chi connectivity index (χ0v) is 23.2. The average molecular weight is 563 g/mol. The van der Waals surface area contributed by atoms with Crippen molar-refractivity contribution in [2.75, 3.05) is 42.1 Å². The quantitative estimate of drug-likeness (QED) is 0.295. The molecule has 0 unspecified atom stereocenters. The van der Waals surface area contributed by atoms with Gasteiger partial charge in [-0.05, 0) is 45.0 Å². The van der Waals surface area contributed by atoms with E-state index in [0.717, 1.165) is 0 Å². The van der Waals surface area contributed by atoms with Crippen molar-refractivity contribution in [3.63, 3.8) is 0 Å². The van der Waals surface area contributed by atoms with Crippen LogP contribution in [0, 0.1) is 0 Å². The number of methoxy groups -OCH3 is 2. The van der Waals surface area contributed by atoms with Crippen molar-refractivity contribution in [3.05, 3.63) is 52.8 Å². The zero-order valence-electron chi connectivity index (χ0n) is 21.7. The normalized spacial score (nSPS) is 10.8. The van der Waals surface area contributed by atoms with Gasteiger partial charge in [-0.15, -0.1) is 0 Å². The van der Waals surface area contributed by atoms with Crippen molar-refractivity contribution < 1.29 is 23.8 Å². The van der Waals surface area contributed by atoms with Gasteiger partial charge in [-0.25, -0.2) is 19.6 Å². The van der Waals surface area contributed by atoms with E-state index in [1.807, 2.05) is 0 Å². The molecule has 0 fully saturated rings.